The van der Waals surface area contributed by atoms with Crippen LogP contribution in [0.5, 0.6) is 0 Å². The summed E-state index contributed by atoms with van der Waals surface area (Å²) < 4.78 is 0.335. The SMILES string of the molecule is CSC1(CNC(=O)CCc2ccccc2N)CC1. The lowest BCUT2D eigenvalue weighted by molar-refractivity contribution is -0.121. The number of benzene rings is 1. The van der Waals surface area contributed by atoms with Gasteiger partial charge in [0.05, 0.1) is 0 Å². The van der Waals surface area contributed by atoms with Crippen molar-refractivity contribution in [2.45, 2.75) is 30.4 Å². The fourth-order valence-corrected chi connectivity index (χ4v) is 2.68. The maximum Gasteiger partial charge on any atom is 0.220 e. The molecule has 0 bridgehead atoms. The first-order valence-electron chi connectivity index (χ1n) is 6.30. The topological polar surface area (TPSA) is 55.1 Å². The first kappa shape index (κ1) is 13.3. The highest BCUT2D eigenvalue weighted by atomic mass is 32.2. The summed E-state index contributed by atoms with van der Waals surface area (Å²) in [7, 11) is 0. The van der Waals surface area contributed by atoms with E-state index >= 15 is 0 Å². The van der Waals surface area contributed by atoms with E-state index in [2.05, 4.69) is 11.6 Å². The Kier molecular flexibility index (Phi) is 4.17. The molecule has 18 heavy (non-hydrogen) atoms. The monoisotopic (exact) mass is 264 g/mol. The summed E-state index contributed by atoms with van der Waals surface area (Å²) in [4.78, 5) is 11.8. The molecule has 98 valence electrons. The first-order chi connectivity index (χ1) is 8.65. The molecular weight excluding hydrogens is 244 g/mol. The van der Waals surface area contributed by atoms with Gasteiger partial charge in [0.2, 0.25) is 5.91 Å². The van der Waals surface area contributed by atoms with Crippen molar-refractivity contribution in [3.8, 4) is 0 Å². The van der Waals surface area contributed by atoms with Crippen molar-refractivity contribution in [3.05, 3.63) is 29.8 Å². The zero-order chi connectivity index (χ0) is 13.0. The Morgan fingerprint density at radius 1 is 1.44 bits per heavy atom. The molecule has 0 radical (unpaired) electrons. The van der Waals surface area contributed by atoms with Gasteiger partial charge in [-0.15, -0.1) is 0 Å². The number of nitrogen functional groups attached to an aromatic ring is 1. The zero-order valence-electron chi connectivity index (χ0n) is 10.7. The van der Waals surface area contributed by atoms with E-state index in [1.807, 2.05) is 36.0 Å². The van der Waals surface area contributed by atoms with E-state index in [-0.39, 0.29) is 5.91 Å². The van der Waals surface area contributed by atoms with Crippen LogP contribution < -0.4 is 11.1 Å². The minimum Gasteiger partial charge on any atom is -0.399 e. The molecule has 1 aromatic rings. The number of nitrogens with one attached hydrogen (secondary N) is 1. The van der Waals surface area contributed by atoms with Crippen molar-refractivity contribution in [1.82, 2.24) is 5.32 Å². The van der Waals surface area contributed by atoms with Crippen molar-refractivity contribution in [2.75, 3.05) is 18.5 Å². The van der Waals surface area contributed by atoms with Gasteiger partial charge in [0.15, 0.2) is 0 Å². The van der Waals surface area contributed by atoms with E-state index in [1.54, 1.807) is 0 Å². The molecule has 0 spiro atoms. The minimum absolute atomic E-state index is 0.124. The lowest BCUT2D eigenvalue weighted by atomic mass is 10.1. The molecule has 0 atom stereocenters. The molecule has 1 saturated carbocycles. The normalized spacial score (nSPS) is 16.3. The molecule has 1 aromatic carbocycles. The lowest BCUT2D eigenvalue weighted by Gasteiger charge is -2.13. The van der Waals surface area contributed by atoms with Crippen molar-refractivity contribution in [2.24, 2.45) is 0 Å². The third-order valence-electron chi connectivity index (χ3n) is 3.52. The Hall–Kier alpha value is -1.16. The summed E-state index contributed by atoms with van der Waals surface area (Å²) in [6.45, 7) is 0.803. The Labute approximate surface area is 113 Å². The summed E-state index contributed by atoms with van der Waals surface area (Å²) in [5.41, 5.74) is 7.67. The predicted octanol–water partition coefficient (Wildman–Crippen LogP) is 2.21. The van der Waals surface area contributed by atoms with Gasteiger partial charge >= 0.3 is 0 Å². The van der Waals surface area contributed by atoms with Gasteiger partial charge in [-0.05, 0) is 37.1 Å². The second-order valence-corrected chi connectivity index (χ2v) is 6.14. The van der Waals surface area contributed by atoms with E-state index in [0.717, 1.165) is 17.8 Å². The smallest absolute Gasteiger partial charge is 0.220 e. The number of carbonyl (C=O) groups is 1. The number of carbonyl (C=O) groups excluding carboxylic acids is 1. The molecule has 0 unspecified atom stereocenters. The highest BCUT2D eigenvalue weighted by molar-refractivity contribution is 8.00. The molecule has 1 fully saturated rings. The molecule has 2 rings (SSSR count). The van der Waals surface area contributed by atoms with Crippen LogP contribution >= 0.6 is 11.8 Å². The zero-order valence-corrected chi connectivity index (χ0v) is 11.6. The second-order valence-electron chi connectivity index (χ2n) is 4.86. The Bertz CT molecular complexity index is 430. The maximum absolute atomic E-state index is 11.8. The molecule has 1 amide bonds. The Morgan fingerprint density at radius 3 is 2.78 bits per heavy atom. The predicted molar refractivity (Wildman–Crippen MR) is 77.7 cm³/mol. The van der Waals surface area contributed by atoms with Crippen LogP contribution in [0.25, 0.3) is 0 Å². The molecule has 0 aliphatic heterocycles. The highest BCUT2D eigenvalue weighted by Crippen LogP contribution is 2.46. The highest BCUT2D eigenvalue weighted by Gasteiger charge is 2.41. The molecule has 0 saturated heterocycles. The van der Waals surface area contributed by atoms with Crippen LogP contribution in [0.4, 0.5) is 5.69 Å². The number of amides is 1. The van der Waals surface area contributed by atoms with Crippen LogP contribution in [0.3, 0.4) is 0 Å². The summed E-state index contributed by atoms with van der Waals surface area (Å²) in [6, 6.07) is 7.72. The maximum atomic E-state index is 11.8. The summed E-state index contributed by atoms with van der Waals surface area (Å²) in [5.74, 6) is 0.124. The number of aryl methyl sites for hydroxylation is 1. The van der Waals surface area contributed by atoms with E-state index < -0.39 is 0 Å². The standard InChI is InChI=1S/C14H20N2OS/c1-18-14(8-9-14)10-16-13(17)7-6-11-4-2-3-5-12(11)15/h2-5H,6-10,15H2,1H3,(H,16,17). The number of hydrogen-bond acceptors (Lipinski definition) is 3. The quantitative estimate of drug-likeness (QED) is 0.775. The van der Waals surface area contributed by atoms with Gasteiger partial charge in [-0.25, -0.2) is 0 Å². The van der Waals surface area contributed by atoms with Crippen LogP contribution in [0.2, 0.25) is 0 Å². The van der Waals surface area contributed by atoms with Crippen LogP contribution in [0.1, 0.15) is 24.8 Å². The van der Waals surface area contributed by atoms with Gasteiger partial charge in [-0.2, -0.15) is 11.8 Å². The molecule has 3 N–H and O–H groups in total. The van der Waals surface area contributed by atoms with Gasteiger partial charge < -0.3 is 11.1 Å². The fourth-order valence-electron chi connectivity index (χ4n) is 1.95. The van der Waals surface area contributed by atoms with E-state index in [1.165, 1.54) is 12.8 Å². The molecule has 1 aliphatic carbocycles. The van der Waals surface area contributed by atoms with Gasteiger partial charge in [-0.1, -0.05) is 18.2 Å². The van der Waals surface area contributed by atoms with Crippen molar-refractivity contribution < 1.29 is 4.79 Å². The number of anilines is 1. The average Bonchev–Trinajstić information content (AvgIpc) is 3.16. The third kappa shape index (κ3) is 3.42. The number of para-hydroxylation sites is 1. The molecule has 4 heteroatoms. The molecule has 3 nitrogen and oxygen atoms in total. The van der Waals surface area contributed by atoms with Gasteiger partial charge in [0.1, 0.15) is 0 Å². The molecular formula is C14H20N2OS. The molecule has 0 aromatic heterocycles. The van der Waals surface area contributed by atoms with Gasteiger partial charge in [0.25, 0.3) is 0 Å². The van der Waals surface area contributed by atoms with Crippen LogP contribution in [0.15, 0.2) is 24.3 Å². The minimum atomic E-state index is 0.124. The van der Waals surface area contributed by atoms with Gasteiger partial charge in [-0.3, -0.25) is 4.79 Å². The van der Waals surface area contributed by atoms with Crippen LogP contribution in [-0.4, -0.2) is 23.5 Å². The molecule has 1 aliphatic rings. The van der Waals surface area contributed by atoms with Crippen molar-refractivity contribution in [1.29, 1.82) is 0 Å². The van der Waals surface area contributed by atoms with Crippen molar-refractivity contribution >= 4 is 23.4 Å². The Balaban J connectivity index is 1.74. The number of nitrogens with two attached hydrogens (primary N) is 1. The first-order valence-corrected chi connectivity index (χ1v) is 7.53. The van der Waals surface area contributed by atoms with Crippen LogP contribution in [0, 0.1) is 0 Å². The second kappa shape index (κ2) is 5.65. The average molecular weight is 264 g/mol. The van der Waals surface area contributed by atoms with E-state index in [9.17, 15) is 4.79 Å². The fraction of sp³-hybridized carbons (Fsp3) is 0.500. The third-order valence-corrected chi connectivity index (χ3v) is 4.94. The summed E-state index contributed by atoms with van der Waals surface area (Å²) in [6.07, 6.45) is 5.79. The van der Waals surface area contributed by atoms with Crippen molar-refractivity contribution in [3.63, 3.8) is 0 Å². The number of hydrogen-bond donors (Lipinski definition) is 2. The summed E-state index contributed by atoms with van der Waals surface area (Å²) >= 11 is 1.86. The largest absolute Gasteiger partial charge is 0.399 e. The van der Waals surface area contributed by atoms with Crippen LogP contribution in [-0.2, 0) is 11.2 Å². The van der Waals surface area contributed by atoms with Gasteiger partial charge in [0, 0.05) is 23.4 Å². The number of rotatable bonds is 6. The lowest BCUT2D eigenvalue weighted by Crippen LogP contribution is -2.31. The van der Waals surface area contributed by atoms with E-state index in [0.29, 0.717) is 17.6 Å². The molecule has 0 heterocycles. The number of thioether (sulfide) groups is 1. The Morgan fingerprint density at radius 2 is 2.17 bits per heavy atom. The summed E-state index contributed by atoms with van der Waals surface area (Å²) in [5, 5.41) is 3.03. The van der Waals surface area contributed by atoms with E-state index in [4.69, 9.17) is 5.73 Å².